The van der Waals surface area contributed by atoms with Gasteiger partial charge in [0.1, 0.15) is 6.61 Å². The van der Waals surface area contributed by atoms with Crippen LogP contribution in [0.3, 0.4) is 0 Å². The molecule has 0 saturated carbocycles. The number of ether oxygens (including phenoxy) is 1. The van der Waals surface area contributed by atoms with E-state index in [2.05, 4.69) is 22.2 Å². The van der Waals surface area contributed by atoms with E-state index in [1.54, 1.807) is 67.9 Å². The van der Waals surface area contributed by atoms with Gasteiger partial charge in [0.05, 0.1) is 17.4 Å². The molecule has 1 heterocycles. The van der Waals surface area contributed by atoms with Gasteiger partial charge in [-0.15, -0.1) is 0 Å². The van der Waals surface area contributed by atoms with Crippen molar-refractivity contribution in [1.29, 1.82) is 0 Å². The maximum atomic E-state index is 12.3. The SMILES string of the molecule is C=C/C(=C\C=C(/C)C(=O)Nc1ccccc1N)COC(=O)NC(C)c1cccnc1. The lowest BCUT2D eigenvalue weighted by molar-refractivity contribution is -0.112. The number of alkyl carbamates (subject to hydrolysis) is 1. The van der Waals surface area contributed by atoms with Crippen LogP contribution in [-0.2, 0) is 9.53 Å². The van der Waals surface area contributed by atoms with Crippen molar-refractivity contribution >= 4 is 23.4 Å². The molecule has 4 N–H and O–H groups in total. The Labute approximate surface area is 176 Å². The predicted molar refractivity (Wildman–Crippen MR) is 119 cm³/mol. The van der Waals surface area contributed by atoms with Gasteiger partial charge in [-0.05, 0) is 43.2 Å². The van der Waals surface area contributed by atoms with E-state index < -0.39 is 6.09 Å². The molecule has 2 rings (SSSR count). The molecular formula is C23H26N4O3. The van der Waals surface area contributed by atoms with Crippen molar-refractivity contribution in [2.75, 3.05) is 17.7 Å². The van der Waals surface area contributed by atoms with Gasteiger partial charge in [-0.3, -0.25) is 9.78 Å². The molecule has 0 fully saturated rings. The first-order valence-corrected chi connectivity index (χ1v) is 9.39. The second-order valence-corrected chi connectivity index (χ2v) is 6.57. The number of aromatic nitrogens is 1. The molecule has 2 aromatic rings. The number of nitrogens with zero attached hydrogens (tertiary/aromatic N) is 1. The van der Waals surface area contributed by atoms with Gasteiger partial charge in [-0.2, -0.15) is 0 Å². The van der Waals surface area contributed by atoms with E-state index in [4.69, 9.17) is 10.5 Å². The van der Waals surface area contributed by atoms with Gasteiger partial charge < -0.3 is 21.1 Å². The number of anilines is 2. The molecule has 2 amide bonds. The Kier molecular flexibility index (Phi) is 8.38. The zero-order valence-electron chi connectivity index (χ0n) is 17.1. The van der Waals surface area contributed by atoms with Gasteiger partial charge in [0.2, 0.25) is 0 Å². The fourth-order valence-corrected chi connectivity index (χ4v) is 2.40. The van der Waals surface area contributed by atoms with Crippen molar-refractivity contribution in [3.8, 4) is 0 Å². The minimum absolute atomic E-state index is 0.0200. The third kappa shape index (κ3) is 6.94. The minimum Gasteiger partial charge on any atom is -0.445 e. The highest BCUT2D eigenvalue weighted by Crippen LogP contribution is 2.17. The van der Waals surface area contributed by atoms with Gasteiger partial charge >= 0.3 is 6.09 Å². The number of hydrogen-bond donors (Lipinski definition) is 3. The molecule has 0 spiro atoms. The molecule has 7 heteroatoms. The van der Waals surface area contributed by atoms with E-state index >= 15 is 0 Å². The van der Waals surface area contributed by atoms with E-state index in [-0.39, 0.29) is 18.6 Å². The van der Waals surface area contributed by atoms with Crippen LogP contribution >= 0.6 is 0 Å². The van der Waals surface area contributed by atoms with Crippen LogP contribution in [-0.4, -0.2) is 23.6 Å². The van der Waals surface area contributed by atoms with Crippen molar-refractivity contribution in [2.45, 2.75) is 19.9 Å². The lowest BCUT2D eigenvalue weighted by atomic mass is 10.1. The third-order valence-corrected chi connectivity index (χ3v) is 4.27. The fourth-order valence-electron chi connectivity index (χ4n) is 2.40. The van der Waals surface area contributed by atoms with Gasteiger partial charge in [0.25, 0.3) is 5.91 Å². The number of hydrogen-bond acceptors (Lipinski definition) is 5. The molecule has 1 aromatic heterocycles. The molecule has 0 aliphatic carbocycles. The van der Waals surface area contributed by atoms with Gasteiger partial charge in [0, 0.05) is 18.0 Å². The lowest BCUT2D eigenvalue weighted by Gasteiger charge is -2.14. The number of nitrogens with two attached hydrogens (primary N) is 1. The molecule has 30 heavy (non-hydrogen) atoms. The molecular weight excluding hydrogens is 380 g/mol. The van der Waals surface area contributed by atoms with Gasteiger partial charge in [-0.25, -0.2) is 4.79 Å². The number of carbonyl (C=O) groups is 2. The molecule has 7 nitrogen and oxygen atoms in total. The van der Waals surface area contributed by atoms with E-state index in [1.807, 2.05) is 13.0 Å². The second-order valence-electron chi connectivity index (χ2n) is 6.57. The Morgan fingerprint density at radius 1 is 1.23 bits per heavy atom. The summed E-state index contributed by atoms with van der Waals surface area (Å²) >= 11 is 0. The lowest BCUT2D eigenvalue weighted by Crippen LogP contribution is -2.27. The van der Waals surface area contributed by atoms with Crippen molar-refractivity contribution in [2.24, 2.45) is 0 Å². The van der Waals surface area contributed by atoms with Crippen LogP contribution in [0.5, 0.6) is 0 Å². The number of amides is 2. The summed E-state index contributed by atoms with van der Waals surface area (Å²) in [5.41, 5.74) is 8.85. The molecule has 0 radical (unpaired) electrons. The summed E-state index contributed by atoms with van der Waals surface area (Å²) < 4.78 is 5.24. The van der Waals surface area contributed by atoms with E-state index in [0.717, 1.165) is 5.56 Å². The number of carbonyl (C=O) groups excluding carboxylic acids is 2. The molecule has 0 aliphatic rings. The summed E-state index contributed by atoms with van der Waals surface area (Å²) in [5.74, 6) is -0.281. The molecule has 1 atom stereocenters. The first-order chi connectivity index (χ1) is 14.4. The van der Waals surface area contributed by atoms with Crippen LogP contribution in [0.2, 0.25) is 0 Å². The highest BCUT2D eigenvalue weighted by Gasteiger charge is 2.11. The van der Waals surface area contributed by atoms with Gasteiger partial charge in [-0.1, -0.05) is 43.0 Å². The summed E-state index contributed by atoms with van der Waals surface area (Å²) in [4.78, 5) is 28.3. The van der Waals surface area contributed by atoms with Crippen molar-refractivity contribution in [3.63, 3.8) is 0 Å². The number of benzene rings is 1. The minimum atomic E-state index is -0.558. The van der Waals surface area contributed by atoms with Crippen molar-refractivity contribution < 1.29 is 14.3 Å². The number of nitrogens with one attached hydrogen (secondary N) is 2. The molecule has 0 bridgehead atoms. The molecule has 1 unspecified atom stereocenters. The molecule has 156 valence electrons. The second kappa shape index (κ2) is 11.2. The number of nitrogen functional groups attached to an aromatic ring is 1. The van der Waals surface area contributed by atoms with Crippen LogP contribution in [0.25, 0.3) is 0 Å². The fraction of sp³-hybridized carbons (Fsp3) is 0.174. The number of para-hydroxylation sites is 2. The zero-order chi connectivity index (χ0) is 21.9. The first kappa shape index (κ1) is 22.4. The first-order valence-electron chi connectivity index (χ1n) is 9.39. The molecule has 0 saturated heterocycles. The molecule has 0 aliphatic heterocycles. The van der Waals surface area contributed by atoms with E-state index in [9.17, 15) is 9.59 Å². The summed E-state index contributed by atoms with van der Waals surface area (Å²) in [7, 11) is 0. The number of allylic oxidation sites excluding steroid dienone is 2. The normalized spacial score (nSPS) is 12.6. The smallest absolute Gasteiger partial charge is 0.407 e. The Morgan fingerprint density at radius 3 is 2.67 bits per heavy atom. The summed E-state index contributed by atoms with van der Waals surface area (Å²) in [5, 5.41) is 5.49. The maximum Gasteiger partial charge on any atom is 0.407 e. The molecule has 1 aromatic carbocycles. The van der Waals surface area contributed by atoms with Crippen molar-refractivity contribution in [3.05, 3.63) is 90.3 Å². The maximum absolute atomic E-state index is 12.3. The predicted octanol–water partition coefficient (Wildman–Crippen LogP) is 4.15. The van der Waals surface area contributed by atoms with Crippen LogP contribution < -0.4 is 16.4 Å². The average molecular weight is 406 g/mol. The monoisotopic (exact) mass is 406 g/mol. The Balaban J connectivity index is 1.89. The highest BCUT2D eigenvalue weighted by molar-refractivity contribution is 6.05. The van der Waals surface area contributed by atoms with Crippen molar-refractivity contribution in [1.82, 2.24) is 10.3 Å². The quantitative estimate of drug-likeness (QED) is 0.347. The summed E-state index contributed by atoms with van der Waals surface area (Å²) in [6, 6.07) is 10.5. The van der Waals surface area contributed by atoms with E-state index in [1.165, 1.54) is 0 Å². The van der Waals surface area contributed by atoms with Crippen LogP contribution in [0.15, 0.2) is 84.7 Å². The van der Waals surface area contributed by atoms with Crippen LogP contribution in [0, 0.1) is 0 Å². The van der Waals surface area contributed by atoms with Gasteiger partial charge in [0.15, 0.2) is 0 Å². The highest BCUT2D eigenvalue weighted by atomic mass is 16.5. The topological polar surface area (TPSA) is 106 Å². The number of rotatable bonds is 8. The standard InChI is InChI=1S/C23H26N4O3/c1-4-18(15-30-23(29)26-17(3)19-8-7-13-25-14-19)12-11-16(2)22(28)27-21-10-6-5-9-20(21)24/h4-14,17H,1,15,24H2,2-3H3,(H,26,29)(H,27,28)/b16-11+,18-12+. The van der Waals surface area contributed by atoms with E-state index in [0.29, 0.717) is 22.5 Å². The Hall–Kier alpha value is -3.87. The van der Waals surface area contributed by atoms with Crippen LogP contribution in [0.1, 0.15) is 25.5 Å². The third-order valence-electron chi connectivity index (χ3n) is 4.27. The summed E-state index contributed by atoms with van der Waals surface area (Å²) in [6.07, 6.45) is 7.66. The Bertz CT molecular complexity index is 952. The number of pyridine rings is 1. The zero-order valence-corrected chi connectivity index (χ0v) is 17.1. The largest absolute Gasteiger partial charge is 0.445 e. The Morgan fingerprint density at radius 2 is 2.00 bits per heavy atom. The summed E-state index contributed by atoms with van der Waals surface area (Å²) in [6.45, 7) is 7.25. The van der Waals surface area contributed by atoms with Crippen LogP contribution in [0.4, 0.5) is 16.2 Å². The average Bonchev–Trinajstić information content (AvgIpc) is 2.75.